The first kappa shape index (κ1) is 14.1. The molecule has 1 unspecified atom stereocenters. The summed E-state index contributed by atoms with van der Waals surface area (Å²) in [5.41, 5.74) is 0.554. The van der Waals surface area contributed by atoms with Gasteiger partial charge in [0.25, 0.3) is 0 Å². The number of hydrogen-bond donors (Lipinski definition) is 3. The summed E-state index contributed by atoms with van der Waals surface area (Å²) < 4.78 is 0. The summed E-state index contributed by atoms with van der Waals surface area (Å²) in [6, 6.07) is 7.26. The fraction of sp³-hybridized carbons (Fsp3) is 0.333. The van der Waals surface area contributed by atoms with Crippen molar-refractivity contribution in [1.29, 1.82) is 0 Å². The number of amides is 2. The third-order valence-electron chi connectivity index (χ3n) is 3.26. The molecule has 5 heteroatoms. The number of carbonyl (C=O) groups is 2. The van der Waals surface area contributed by atoms with Crippen molar-refractivity contribution in [3.8, 4) is 0 Å². The molecule has 2 amide bonds. The molecule has 20 heavy (non-hydrogen) atoms. The average Bonchev–Trinajstić information content (AvgIpc) is 2.46. The molecule has 1 aliphatic rings. The molecule has 106 valence electrons. The van der Waals surface area contributed by atoms with Gasteiger partial charge < -0.3 is 15.7 Å². The molecule has 0 aliphatic heterocycles. The summed E-state index contributed by atoms with van der Waals surface area (Å²) >= 11 is 0. The van der Waals surface area contributed by atoms with Crippen molar-refractivity contribution in [2.45, 2.75) is 31.3 Å². The second kappa shape index (κ2) is 6.75. The van der Waals surface area contributed by atoms with Crippen LogP contribution in [0.2, 0.25) is 0 Å². The zero-order chi connectivity index (χ0) is 14.4. The molecule has 0 bridgehead atoms. The quantitative estimate of drug-likeness (QED) is 0.737. The second-order valence-corrected chi connectivity index (χ2v) is 4.78. The van der Waals surface area contributed by atoms with Crippen LogP contribution in [0.15, 0.2) is 42.5 Å². The number of urea groups is 1. The van der Waals surface area contributed by atoms with Crippen LogP contribution in [0.1, 0.15) is 30.9 Å². The van der Waals surface area contributed by atoms with E-state index in [1.165, 1.54) is 0 Å². The summed E-state index contributed by atoms with van der Waals surface area (Å²) in [5.74, 6) is -1.07. The number of nitrogens with one attached hydrogen (secondary N) is 2. The average molecular weight is 274 g/mol. The molecule has 2 atom stereocenters. The lowest BCUT2D eigenvalue weighted by atomic mass is 10.0. The van der Waals surface area contributed by atoms with Gasteiger partial charge in [-0.25, -0.2) is 9.59 Å². The third-order valence-corrected chi connectivity index (χ3v) is 3.26. The maximum atomic E-state index is 11.9. The summed E-state index contributed by atoms with van der Waals surface area (Å²) in [6.07, 6.45) is 6.72. The first-order valence-electron chi connectivity index (χ1n) is 6.66. The molecule has 0 saturated heterocycles. The lowest BCUT2D eigenvalue weighted by Gasteiger charge is -2.21. The maximum absolute atomic E-state index is 11.9. The van der Waals surface area contributed by atoms with Crippen molar-refractivity contribution in [3.05, 3.63) is 48.0 Å². The minimum Gasteiger partial charge on any atom is -0.479 e. The Balaban J connectivity index is 1.96. The van der Waals surface area contributed by atoms with Crippen LogP contribution in [-0.4, -0.2) is 23.1 Å². The summed E-state index contributed by atoms with van der Waals surface area (Å²) in [7, 11) is 0. The predicted molar refractivity (Wildman–Crippen MR) is 75.3 cm³/mol. The first-order valence-corrected chi connectivity index (χ1v) is 6.66. The fourth-order valence-corrected chi connectivity index (χ4v) is 2.22. The normalized spacial score (nSPS) is 19.1. The van der Waals surface area contributed by atoms with Gasteiger partial charge in [0.15, 0.2) is 6.04 Å². The Labute approximate surface area is 117 Å². The Morgan fingerprint density at radius 3 is 2.55 bits per heavy atom. The topological polar surface area (TPSA) is 78.4 Å². The van der Waals surface area contributed by atoms with Gasteiger partial charge >= 0.3 is 12.0 Å². The van der Waals surface area contributed by atoms with E-state index in [1.54, 1.807) is 30.3 Å². The zero-order valence-corrected chi connectivity index (χ0v) is 11.1. The molecule has 3 N–H and O–H groups in total. The Morgan fingerprint density at radius 2 is 1.95 bits per heavy atom. The molecule has 0 radical (unpaired) electrons. The van der Waals surface area contributed by atoms with Gasteiger partial charge in [-0.3, -0.25) is 0 Å². The number of allylic oxidation sites excluding steroid dienone is 1. The molecular weight excluding hydrogens is 256 g/mol. The van der Waals surface area contributed by atoms with Crippen molar-refractivity contribution in [1.82, 2.24) is 10.6 Å². The number of benzene rings is 1. The molecule has 1 aliphatic carbocycles. The van der Waals surface area contributed by atoms with Gasteiger partial charge in [0, 0.05) is 6.04 Å². The van der Waals surface area contributed by atoms with Crippen molar-refractivity contribution in [2.75, 3.05) is 0 Å². The van der Waals surface area contributed by atoms with Crippen LogP contribution in [0.3, 0.4) is 0 Å². The molecule has 1 aromatic rings. The van der Waals surface area contributed by atoms with Crippen LogP contribution in [0.5, 0.6) is 0 Å². The summed E-state index contributed by atoms with van der Waals surface area (Å²) in [6.45, 7) is 0. The number of hydrogen-bond acceptors (Lipinski definition) is 2. The van der Waals surface area contributed by atoms with E-state index in [4.69, 9.17) is 0 Å². The lowest BCUT2D eigenvalue weighted by molar-refractivity contribution is -0.139. The maximum Gasteiger partial charge on any atom is 0.330 e. The van der Waals surface area contributed by atoms with Crippen LogP contribution in [-0.2, 0) is 4.79 Å². The van der Waals surface area contributed by atoms with Crippen LogP contribution in [0, 0.1) is 0 Å². The Kier molecular flexibility index (Phi) is 4.76. The standard InChI is InChI=1S/C15H18N2O3/c18-14(19)13(11-7-3-1-4-8-11)17-15(20)16-12-9-5-2-6-10-12/h1-5,7-8,12-13H,6,9-10H2,(H,18,19)(H2,16,17,20)/t12?,13-/m0/s1. The highest BCUT2D eigenvalue weighted by molar-refractivity contribution is 5.83. The lowest BCUT2D eigenvalue weighted by Crippen LogP contribution is -2.45. The van der Waals surface area contributed by atoms with Crippen LogP contribution in [0.4, 0.5) is 4.79 Å². The molecule has 5 nitrogen and oxygen atoms in total. The SMILES string of the molecule is O=C(NC1CC=CCC1)N[C@H](C(=O)O)c1ccccc1. The van der Waals surface area contributed by atoms with Gasteiger partial charge in [-0.2, -0.15) is 0 Å². The number of rotatable bonds is 4. The van der Waals surface area contributed by atoms with Crippen molar-refractivity contribution < 1.29 is 14.7 Å². The smallest absolute Gasteiger partial charge is 0.330 e. The Bertz CT molecular complexity index is 499. The van der Waals surface area contributed by atoms with Crippen molar-refractivity contribution in [3.63, 3.8) is 0 Å². The highest BCUT2D eigenvalue weighted by Gasteiger charge is 2.23. The van der Waals surface area contributed by atoms with E-state index in [9.17, 15) is 14.7 Å². The van der Waals surface area contributed by atoms with Crippen LogP contribution in [0.25, 0.3) is 0 Å². The van der Waals surface area contributed by atoms with Crippen molar-refractivity contribution >= 4 is 12.0 Å². The van der Waals surface area contributed by atoms with Gasteiger partial charge in [0.2, 0.25) is 0 Å². The van der Waals surface area contributed by atoms with Gasteiger partial charge in [0.05, 0.1) is 0 Å². The van der Waals surface area contributed by atoms with Gasteiger partial charge in [-0.1, -0.05) is 42.5 Å². The van der Waals surface area contributed by atoms with E-state index < -0.39 is 18.0 Å². The molecule has 0 aromatic heterocycles. The van der Waals surface area contributed by atoms with Crippen LogP contribution >= 0.6 is 0 Å². The predicted octanol–water partition coefficient (Wildman–Crippen LogP) is 2.22. The Hall–Kier alpha value is -2.30. The minimum atomic E-state index is -1.07. The summed E-state index contributed by atoms with van der Waals surface area (Å²) in [4.78, 5) is 23.2. The Morgan fingerprint density at radius 1 is 1.20 bits per heavy atom. The number of carboxylic acid groups (broad SMARTS) is 1. The van der Waals surface area contributed by atoms with Gasteiger partial charge in [-0.05, 0) is 24.8 Å². The van der Waals surface area contributed by atoms with E-state index in [2.05, 4.69) is 16.7 Å². The third kappa shape index (κ3) is 3.85. The molecule has 0 saturated carbocycles. The molecule has 0 heterocycles. The second-order valence-electron chi connectivity index (χ2n) is 4.78. The van der Waals surface area contributed by atoms with E-state index in [0.29, 0.717) is 5.56 Å². The molecule has 0 fully saturated rings. The van der Waals surface area contributed by atoms with E-state index >= 15 is 0 Å². The van der Waals surface area contributed by atoms with E-state index in [1.807, 2.05) is 6.08 Å². The van der Waals surface area contributed by atoms with E-state index in [-0.39, 0.29) is 6.04 Å². The first-order chi connectivity index (χ1) is 9.66. The number of aliphatic carboxylic acids is 1. The largest absolute Gasteiger partial charge is 0.479 e. The molecular formula is C15H18N2O3. The van der Waals surface area contributed by atoms with Crippen molar-refractivity contribution in [2.24, 2.45) is 0 Å². The number of carboxylic acids is 1. The van der Waals surface area contributed by atoms with Gasteiger partial charge in [-0.15, -0.1) is 0 Å². The monoisotopic (exact) mass is 274 g/mol. The molecule has 2 rings (SSSR count). The highest BCUT2D eigenvalue weighted by atomic mass is 16.4. The van der Waals surface area contributed by atoms with E-state index in [0.717, 1.165) is 19.3 Å². The van der Waals surface area contributed by atoms with Gasteiger partial charge in [0.1, 0.15) is 0 Å². The number of carbonyl (C=O) groups excluding carboxylic acids is 1. The zero-order valence-electron chi connectivity index (χ0n) is 11.1. The minimum absolute atomic E-state index is 0.0743. The molecule has 0 spiro atoms. The summed E-state index contributed by atoms with van der Waals surface area (Å²) in [5, 5.41) is 14.5. The molecule has 1 aromatic carbocycles. The highest BCUT2D eigenvalue weighted by Crippen LogP contribution is 2.13. The fourth-order valence-electron chi connectivity index (χ4n) is 2.22. The van der Waals surface area contributed by atoms with Crippen LogP contribution < -0.4 is 10.6 Å².